The van der Waals surface area contributed by atoms with E-state index >= 15 is 0 Å². The monoisotopic (exact) mass is 424 g/mol. The van der Waals surface area contributed by atoms with Crippen molar-refractivity contribution < 1.29 is 18.3 Å². The molecule has 0 saturated carbocycles. The Morgan fingerprint density at radius 1 is 1.16 bits per heavy atom. The lowest BCUT2D eigenvalue weighted by atomic mass is 9.82. The molecule has 1 aliphatic rings. The highest BCUT2D eigenvalue weighted by Crippen LogP contribution is 2.37. The van der Waals surface area contributed by atoms with Gasteiger partial charge in [0.25, 0.3) is 5.91 Å². The van der Waals surface area contributed by atoms with Gasteiger partial charge in [0.2, 0.25) is 5.88 Å². The van der Waals surface area contributed by atoms with E-state index < -0.39 is 23.1 Å². The average molecular weight is 424 g/mol. The third-order valence-electron chi connectivity index (χ3n) is 5.04. The molecular formula is C21H18F2N6O2. The number of carbonyl (C=O) groups excluding carboxylic acids is 1. The Labute approximate surface area is 176 Å². The van der Waals surface area contributed by atoms with E-state index in [1.807, 2.05) is 0 Å². The molecule has 158 valence electrons. The summed E-state index contributed by atoms with van der Waals surface area (Å²) in [4.78, 5) is 28.6. The summed E-state index contributed by atoms with van der Waals surface area (Å²) in [7, 11) is 1.44. The number of aromatic nitrogens is 3. The number of ether oxygens (including phenoxy) is 1. The van der Waals surface area contributed by atoms with E-state index in [9.17, 15) is 13.6 Å². The number of amidine groups is 1. The number of methoxy groups -OCH3 is 1. The molecule has 1 atom stereocenters. The number of rotatable bonds is 4. The van der Waals surface area contributed by atoms with Crippen LogP contribution in [-0.4, -0.2) is 33.8 Å². The molecule has 0 fully saturated rings. The van der Waals surface area contributed by atoms with Crippen molar-refractivity contribution in [1.29, 1.82) is 0 Å². The van der Waals surface area contributed by atoms with Gasteiger partial charge in [0, 0.05) is 35.0 Å². The maximum atomic E-state index is 14.8. The summed E-state index contributed by atoms with van der Waals surface area (Å²) in [5.74, 6) is -1.29. The maximum absolute atomic E-state index is 14.8. The third-order valence-corrected chi connectivity index (χ3v) is 5.04. The Hall–Kier alpha value is -3.95. The standard InChI is InChI=1S/C21H18F2N6O2/c1-21(6-12-13(19(24)29-21)7-25-8-16(12)23)14-5-11(3-4-15(14)22)28-20(30)17-9-27-18(31-2)10-26-17/h3-5,7-10H,6H2,1-2H3,(H2,24,29)(H,28,30). The SMILES string of the molecule is COc1cnc(C(=O)Nc2ccc(F)c(C3(C)Cc4c(F)cncc4C(N)=N3)c2)cn1. The number of benzene rings is 1. The minimum Gasteiger partial charge on any atom is -0.480 e. The van der Waals surface area contributed by atoms with Crippen LogP contribution in [0.25, 0.3) is 0 Å². The van der Waals surface area contributed by atoms with E-state index in [1.165, 1.54) is 43.9 Å². The van der Waals surface area contributed by atoms with Crippen molar-refractivity contribution in [2.75, 3.05) is 12.4 Å². The molecule has 1 amide bonds. The summed E-state index contributed by atoms with van der Waals surface area (Å²) < 4.78 is 34.0. The molecule has 3 N–H and O–H groups in total. The molecule has 0 radical (unpaired) electrons. The highest BCUT2D eigenvalue weighted by atomic mass is 19.1. The van der Waals surface area contributed by atoms with Crippen LogP contribution in [0.15, 0.2) is 48.0 Å². The number of hydrogen-bond donors (Lipinski definition) is 2. The molecule has 31 heavy (non-hydrogen) atoms. The Bertz CT molecular complexity index is 1200. The van der Waals surface area contributed by atoms with Gasteiger partial charge in [0.15, 0.2) is 0 Å². The second-order valence-corrected chi connectivity index (χ2v) is 7.19. The Morgan fingerprint density at radius 2 is 1.97 bits per heavy atom. The highest BCUT2D eigenvalue weighted by molar-refractivity contribution is 6.03. The van der Waals surface area contributed by atoms with Crippen molar-refractivity contribution in [3.63, 3.8) is 0 Å². The molecule has 1 aromatic carbocycles. The molecule has 8 nitrogen and oxygen atoms in total. The fraction of sp³-hybridized carbons (Fsp3) is 0.190. The predicted octanol–water partition coefficient (Wildman–Crippen LogP) is 2.59. The zero-order chi connectivity index (χ0) is 22.2. The van der Waals surface area contributed by atoms with Crippen LogP contribution in [0.4, 0.5) is 14.5 Å². The number of fused-ring (bicyclic) bond motifs is 1. The molecule has 0 spiro atoms. The first-order valence-corrected chi connectivity index (χ1v) is 9.26. The number of halogens is 2. The van der Waals surface area contributed by atoms with Gasteiger partial charge in [-0.25, -0.2) is 18.7 Å². The molecule has 1 unspecified atom stereocenters. The smallest absolute Gasteiger partial charge is 0.275 e. The number of carbonyl (C=O) groups is 1. The quantitative estimate of drug-likeness (QED) is 0.665. The molecule has 0 saturated heterocycles. The van der Waals surface area contributed by atoms with E-state index in [1.54, 1.807) is 6.92 Å². The lowest BCUT2D eigenvalue weighted by molar-refractivity contribution is 0.102. The second-order valence-electron chi connectivity index (χ2n) is 7.19. The first kappa shape index (κ1) is 20.3. The van der Waals surface area contributed by atoms with E-state index in [2.05, 4.69) is 25.3 Å². The molecule has 0 aliphatic carbocycles. The van der Waals surface area contributed by atoms with E-state index in [4.69, 9.17) is 10.5 Å². The van der Waals surface area contributed by atoms with Crippen LogP contribution in [0, 0.1) is 11.6 Å². The number of nitrogens with one attached hydrogen (secondary N) is 1. The number of amides is 1. The number of nitrogens with zero attached hydrogens (tertiary/aromatic N) is 4. The molecule has 2 aromatic heterocycles. The topological polar surface area (TPSA) is 115 Å². The van der Waals surface area contributed by atoms with Gasteiger partial charge in [-0.2, -0.15) is 0 Å². The summed E-state index contributed by atoms with van der Waals surface area (Å²) in [6.07, 6.45) is 5.17. The summed E-state index contributed by atoms with van der Waals surface area (Å²) in [6, 6.07) is 4.07. The molecular weight excluding hydrogens is 406 g/mol. The molecule has 10 heteroatoms. The van der Waals surface area contributed by atoms with Gasteiger partial charge >= 0.3 is 0 Å². The summed E-state index contributed by atoms with van der Waals surface area (Å²) in [5, 5.41) is 2.65. The Kier molecular flexibility index (Phi) is 5.05. The van der Waals surface area contributed by atoms with Crippen molar-refractivity contribution in [2.45, 2.75) is 18.9 Å². The van der Waals surface area contributed by atoms with Crippen LogP contribution in [-0.2, 0) is 12.0 Å². The van der Waals surface area contributed by atoms with Crippen molar-refractivity contribution in [3.8, 4) is 5.88 Å². The zero-order valence-corrected chi connectivity index (χ0v) is 16.7. The van der Waals surface area contributed by atoms with Crippen molar-refractivity contribution >= 4 is 17.4 Å². The van der Waals surface area contributed by atoms with E-state index in [0.717, 1.165) is 6.20 Å². The molecule has 0 bridgehead atoms. The maximum Gasteiger partial charge on any atom is 0.275 e. The van der Waals surface area contributed by atoms with Crippen molar-refractivity contribution in [1.82, 2.24) is 15.0 Å². The Morgan fingerprint density at radius 3 is 2.68 bits per heavy atom. The minimum absolute atomic E-state index is 0.0568. The van der Waals surface area contributed by atoms with Gasteiger partial charge in [-0.15, -0.1) is 0 Å². The van der Waals surface area contributed by atoms with Crippen LogP contribution in [0.5, 0.6) is 5.88 Å². The number of pyridine rings is 1. The van der Waals surface area contributed by atoms with E-state index in [0.29, 0.717) is 16.8 Å². The van der Waals surface area contributed by atoms with Crippen molar-refractivity contribution in [3.05, 3.63) is 77.0 Å². The van der Waals surface area contributed by atoms with Gasteiger partial charge in [-0.1, -0.05) is 0 Å². The second kappa shape index (κ2) is 7.71. The summed E-state index contributed by atoms with van der Waals surface area (Å²) in [5.41, 5.74) is 6.08. The molecule has 3 aromatic rings. The summed E-state index contributed by atoms with van der Waals surface area (Å²) in [6.45, 7) is 1.65. The van der Waals surface area contributed by atoms with Gasteiger partial charge in [0.05, 0.1) is 31.2 Å². The predicted molar refractivity (Wildman–Crippen MR) is 109 cm³/mol. The lowest BCUT2D eigenvalue weighted by Gasteiger charge is -2.32. The third kappa shape index (κ3) is 3.79. The fourth-order valence-electron chi connectivity index (χ4n) is 3.48. The Balaban J connectivity index is 1.66. The normalized spacial score (nSPS) is 17.5. The van der Waals surface area contributed by atoms with E-state index in [-0.39, 0.29) is 29.4 Å². The van der Waals surface area contributed by atoms with Crippen LogP contribution in [0.2, 0.25) is 0 Å². The molecule has 1 aliphatic heterocycles. The van der Waals surface area contributed by atoms with Crippen molar-refractivity contribution in [2.24, 2.45) is 10.7 Å². The van der Waals surface area contributed by atoms with Gasteiger partial charge in [-0.05, 0) is 25.1 Å². The van der Waals surface area contributed by atoms with Crippen LogP contribution < -0.4 is 15.8 Å². The van der Waals surface area contributed by atoms with Crippen LogP contribution in [0.1, 0.15) is 34.1 Å². The molecule has 3 heterocycles. The first-order valence-electron chi connectivity index (χ1n) is 9.26. The first-order chi connectivity index (χ1) is 14.8. The number of aliphatic imine (C=N–C) groups is 1. The van der Waals surface area contributed by atoms with Crippen LogP contribution >= 0.6 is 0 Å². The zero-order valence-electron chi connectivity index (χ0n) is 16.7. The number of nitrogens with two attached hydrogens (primary N) is 1. The van der Waals surface area contributed by atoms with Gasteiger partial charge in [-0.3, -0.25) is 14.8 Å². The van der Waals surface area contributed by atoms with Gasteiger partial charge < -0.3 is 15.8 Å². The number of anilines is 1. The van der Waals surface area contributed by atoms with Crippen LogP contribution in [0.3, 0.4) is 0 Å². The average Bonchev–Trinajstić information content (AvgIpc) is 2.76. The number of hydrogen-bond acceptors (Lipinski definition) is 7. The highest BCUT2D eigenvalue weighted by Gasteiger charge is 2.36. The largest absolute Gasteiger partial charge is 0.480 e. The lowest BCUT2D eigenvalue weighted by Crippen LogP contribution is -2.35. The van der Waals surface area contributed by atoms with Gasteiger partial charge in [0.1, 0.15) is 23.2 Å². The fourth-order valence-corrected chi connectivity index (χ4v) is 3.48. The summed E-state index contributed by atoms with van der Waals surface area (Å²) >= 11 is 0. The molecule has 4 rings (SSSR count). The minimum atomic E-state index is -1.18.